The molecule has 0 aliphatic carbocycles. The van der Waals surface area contributed by atoms with Crippen molar-refractivity contribution in [1.29, 1.82) is 0 Å². The number of hydrogen-bond donors (Lipinski definition) is 3. The van der Waals surface area contributed by atoms with Gasteiger partial charge in [0.05, 0.1) is 0 Å². The zero-order chi connectivity index (χ0) is 20.1. The lowest BCUT2D eigenvalue weighted by molar-refractivity contribution is -0.136. The van der Waals surface area contributed by atoms with Gasteiger partial charge in [0.15, 0.2) is 0 Å². The number of benzene rings is 1. The largest absolute Gasteiger partial charge is 0.330 e. The van der Waals surface area contributed by atoms with E-state index in [1.165, 1.54) is 0 Å². The smallest absolute Gasteiger partial charge is 0.255 e. The SMILES string of the molecule is CN(CCCN)CCNCc1cccc2c1CN(C1CCC(=O)NC1=O)C2=O. The van der Waals surface area contributed by atoms with E-state index in [2.05, 4.69) is 22.6 Å². The van der Waals surface area contributed by atoms with Gasteiger partial charge < -0.3 is 20.9 Å². The van der Waals surface area contributed by atoms with Crippen LogP contribution < -0.4 is 16.4 Å². The topological polar surface area (TPSA) is 108 Å². The Bertz CT molecular complexity index is 751. The van der Waals surface area contributed by atoms with Gasteiger partial charge in [-0.3, -0.25) is 19.7 Å². The number of carbonyl (C=O) groups excluding carboxylic acids is 3. The van der Waals surface area contributed by atoms with E-state index in [1.54, 1.807) is 4.90 Å². The lowest BCUT2D eigenvalue weighted by Crippen LogP contribution is -2.52. The molecular weight excluding hydrogens is 358 g/mol. The van der Waals surface area contributed by atoms with E-state index >= 15 is 0 Å². The van der Waals surface area contributed by atoms with Gasteiger partial charge in [0.25, 0.3) is 5.91 Å². The van der Waals surface area contributed by atoms with E-state index < -0.39 is 6.04 Å². The van der Waals surface area contributed by atoms with Crippen LogP contribution in [-0.4, -0.2) is 66.8 Å². The first-order valence-corrected chi connectivity index (χ1v) is 9.86. The number of amides is 3. The summed E-state index contributed by atoms with van der Waals surface area (Å²) in [6.07, 6.45) is 1.64. The minimum Gasteiger partial charge on any atom is -0.330 e. The third-order valence-corrected chi connectivity index (χ3v) is 5.41. The van der Waals surface area contributed by atoms with Crippen LogP contribution in [-0.2, 0) is 22.7 Å². The number of piperidine rings is 1. The molecule has 8 nitrogen and oxygen atoms in total. The highest BCUT2D eigenvalue weighted by atomic mass is 16.2. The van der Waals surface area contributed by atoms with Gasteiger partial charge >= 0.3 is 0 Å². The Balaban J connectivity index is 1.59. The highest BCUT2D eigenvalue weighted by molar-refractivity contribution is 6.05. The van der Waals surface area contributed by atoms with Crippen molar-refractivity contribution in [3.63, 3.8) is 0 Å². The average Bonchev–Trinajstić information content (AvgIpc) is 3.01. The molecule has 0 radical (unpaired) electrons. The maximum atomic E-state index is 12.8. The number of nitrogens with two attached hydrogens (primary N) is 1. The minimum atomic E-state index is -0.574. The fourth-order valence-electron chi connectivity index (χ4n) is 3.78. The summed E-state index contributed by atoms with van der Waals surface area (Å²) in [6, 6.07) is 5.14. The van der Waals surface area contributed by atoms with Crippen LogP contribution in [0.15, 0.2) is 18.2 Å². The Morgan fingerprint density at radius 2 is 2.11 bits per heavy atom. The Labute approximate surface area is 165 Å². The van der Waals surface area contributed by atoms with E-state index in [4.69, 9.17) is 5.73 Å². The molecule has 152 valence electrons. The van der Waals surface area contributed by atoms with Crippen LogP contribution >= 0.6 is 0 Å². The second-order valence-electron chi connectivity index (χ2n) is 7.47. The normalized spacial score (nSPS) is 19.3. The van der Waals surface area contributed by atoms with Gasteiger partial charge in [-0.2, -0.15) is 0 Å². The second kappa shape index (κ2) is 9.27. The maximum absolute atomic E-state index is 12.8. The van der Waals surface area contributed by atoms with Crippen molar-refractivity contribution in [2.24, 2.45) is 5.73 Å². The maximum Gasteiger partial charge on any atom is 0.255 e. The first-order valence-electron chi connectivity index (χ1n) is 9.86. The van der Waals surface area contributed by atoms with Gasteiger partial charge in [-0.05, 0) is 50.2 Å². The van der Waals surface area contributed by atoms with Gasteiger partial charge in [0, 0.05) is 38.2 Å². The van der Waals surface area contributed by atoms with Crippen molar-refractivity contribution >= 4 is 17.7 Å². The van der Waals surface area contributed by atoms with Gasteiger partial charge in [0.1, 0.15) is 6.04 Å². The predicted molar refractivity (Wildman–Crippen MR) is 105 cm³/mol. The number of nitrogens with one attached hydrogen (secondary N) is 2. The van der Waals surface area contributed by atoms with Crippen molar-refractivity contribution in [2.75, 3.05) is 33.2 Å². The molecule has 1 unspecified atom stereocenters. The number of nitrogens with zero attached hydrogens (tertiary/aromatic N) is 2. The Hall–Kier alpha value is -2.29. The van der Waals surface area contributed by atoms with Crippen LogP contribution in [0.2, 0.25) is 0 Å². The fraction of sp³-hybridized carbons (Fsp3) is 0.550. The molecule has 1 aromatic rings. The molecule has 1 fully saturated rings. The summed E-state index contributed by atoms with van der Waals surface area (Å²) in [6.45, 7) is 4.53. The van der Waals surface area contributed by atoms with E-state index in [1.807, 2.05) is 18.2 Å². The summed E-state index contributed by atoms with van der Waals surface area (Å²) >= 11 is 0. The van der Waals surface area contributed by atoms with Crippen LogP contribution in [0, 0.1) is 0 Å². The highest BCUT2D eigenvalue weighted by Crippen LogP contribution is 2.29. The molecule has 3 rings (SSSR count). The van der Waals surface area contributed by atoms with Crippen LogP contribution in [0.5, 0.6) is 0 Å². The van der Waals surface area contributed by atoms with Crippen molar-refractivity contribution in [2.45, 2.75) is 38.4 Å². The third-order valence-electron chi connectivity index (χ3n) is 5.41. The van der Waals surface area contributed by atoms with Gasteiger partial charge in [-0.25, -0.2) is 0 Å². The van der Waals surface area contributed by atoms with E-state index in [0.29, 0.717) is 31.6 Å². The summed E-state index contributed by atoms with van der Waals surface area (Å²) in [5, 5.41) is 5.77. The number of imide groups is 1. The number of hydrogen-bond acceptors (Lipinski definition) is 6. The van der Waals surface area contributed by atoms with Gasteiger partial charge in [-0.1, -0.05) is 12.1 Å². The number of carbonyl (C=O) groups is 3. The molecule has 0 spiro atoms. The Morgan fingerprint density at radius 1 is 1.29 bits per heavy atom. The predicted octanol–water partition coefficient (Wildman–Crippen LogP) is -0.182. The zero-order valence-corrected chi connectivity index (χ0v) is 16.4. The molecule has 0 saturated carbocycles. The Kier molecular flexibility index (Phi) is 6.77. The highest BCUT2D eigenvalue weighted by Gasteiger charge is 2.39. The monoisotopic (exact) mass is 387 g/mol. The molecule has 2 aliphatic rings. The lowest BCUT2D eigenvalue weighted by atomic mass is 10.0. The van der Waals surface area contributed by atoms with Crippen LogP contribution in [0.4, 0.5) is 0 Å². The summed E-state index contributed by atoms with van der Waals surface area (Å²) in [5.41, 5.74) is 8.24. The lowest BCUT2D eigenvalue weighted by Gasteiger charge is -2.29. The molecule has 4 N–H and O–H groups in total. The molecule has 2 aliphatic heterocycles. The third kappa shape index (κ3) is 4.57. The van der Waals surface area contributed by atoms with Gasteiger partial charge in [-0.15, -0.1) is 0 Å². The molecule has 3 amide bonds. The van der Waals surface area contributed by atoms with Crippen LogP contribution in [0.3, 0.4) is 0 Å². The number of fused-ring (bicyclic) bond motifs is 1. The summed E-state index contributed by atoms with van der Waals surface area (Å²) in [7, 11) is 2.08. The van der Waals surface area contributed by atoms with E-state index in [9.17, 15) is 14.4 Å². The first kappa shape index (κ1) is 20.4. The zero-order valence-electron chi connectivity index (χ0n) is 16.4. The molecule has 8 heteroatoms. The van der Waals surface area contributed by atoms with E-state index in [-0.39, 0.29) is 24.1 Å². The summed E-state index contributed by atoms with van der Waals surface area (Å²) in [4.78, 5) is 40.2. The second-order valence-corrected chi connectivity index (χ2v) is 7.47. The molecule has 2 heterocycles. The molecular formula is C20H29N5O3. The number of likely N-dealkylation sites (N-methyl/N-ethyl adjacent to an activating group) is 1. The van der Waals surface area contributed by atoms with Crippen molar-refractivity contribution in [3.05, 3.63) is 34.9 Å². The summed E-state index contributed by atoms with van der Waals surface area (Å²) in [5.74, 6) is -0.780. The molecule has 1 aromatic carbocycles. The van der Waals surface area contributed by atoms with Crippen LogP contribution in [0.25, 0.3) is 0 Å². The fourth-order valence-corrected chi connectivity index (χ4v) is 3.78. The molecule has 0 bridgehead atoms. The molecule has 0 aromatic heterocycles. The van der Waals surface area contributed by atoms with Crippen molar-refractivity contribution in [3.8, 4) is 0 Å². The summed E-state index contributed by atoms with van der Waals surface area (Å²) < 4.78 is 0. The minimum absolute atomic E-state index is 0.132. The van der Waals surface area contributed by atoms with Crippen LogP contribution in [0.1, 0.15) is 40.7 Å². The quantitative estimate of drug-likeness (QED) is 0.401. The number of rotatable bonds is 9. The van der Waals surface area contributed by atoms with Gasteiger partial charge in [0.2, 0.25) is 11.8 Å². The standard InChI is InChI=1S/C20H29N5O3/c1-24(10-3-8-21)11-9-22-12-14-4-2-5-15-16(14)13-25(20(15)28)17-6-7-18(26)23-19(17)27/h2,4-5,17,22H,3,6-13,21H2,1H3,(H,23,26,27). The van der Waals surface area contributed by atoms with E-state index in [0.717, 1.165) is 37.2 Å². The molecule has 1 saturated heterocycles. The molecule has 28 heavy (non-hydrogen) atoms. The Morgan fingerprint density at radius 3 is 2.86 bits per heavy atom. The first-order chi connectivity index (χ1) is 13.5. The van der Waals surface area contributed by atoms with Crippen molar-refractivity contribution in [1.82, 2.24) is 20.4 Å². The van der Waals surface area contributed by atoms with Crippen molar-refractivity contribution < 1.29 is 14.4 Å². The average molecular weight is 387 g/mol. The molecule has 1 atom stereocenters.